The summed E-state index contributed by atoms with van der Waals surface area (Å²) < 4.78 is 6.33. The van der Waals surface area contributed by atoms with Crippen LogP contribution in [-0.2, 0) is 24.0 Å². The molecule has 2 aliphatic heterocycles. The van der Waals surface area contributed by atoms with Gasteiger partial charge >= 0.3 is 5.97 Å². The Morgan fingerprint density at radius 2 is 2.35 bits per heavy atom. The van der Waals surface area contributed by atoms with Crippen molar-refractivity contribution in [3.8, 4) is 6.07 Å². The molecule has 14 nitrogen and oxygen atoms in total. The third-order valence-corrected chi connectivity index (χ3v) is 7.15. The molecular formula is C17H14N8O6S3. The van der Waals surface area contributed by atoms with E-state index in [2.05, 4.69) is 25.2 Å². The molecular weight excluding hydrogens is 508 g/mol. The fourth-order valence-electron chi connectivity index (χ4n) is 3.32. The summed E-state index contributed by atoms with van der Waals surface area (Å²) in [5.74, 6) is -2.40. The molecule has 2 aromatic heterocycles. The molecule has 0 saturated carbocycles. The van der Waals surface area contributed by atoms with Crippen LogP contribution in [-0.4, -0.2) is 80.2 Å². The van der Waals surface area contributed by atoms with Gasteiger partial charge in [0.15, 0.2) is 15.2 Å². The van der Waals surface area contributed by atoms with Crippen LogP contribution in [0.5, 0.6) is 0 Å². The Kier molecular flexibility index (Phi) is 6.90. The Morgan fingerprint density at radius 3 is 3.00 bits per heavy atom. The second-order valence-corrected chi connectivity index (χ2v) is 9.47. The number of oxime groups is 1. The summed E-state index contributed by atoms with van der Waals surface area (Å²) in [6.07, 6.45) is 0.796. The molecule has 2 aromatic rings. The highest BCUT2D eigenvalue weighted by Crippen LogP contribution is 2.39. The molecule has 0 aromatic carbocycles. The largest absolute Gasteiger partial charge is 0.492 e. The zero-order valence-electron chi connectivity index (χ0n) is 16.9. The van der Waals surface area contributed by atoms with Crippen molar-refractivity contribution in [2.75, 3.05) is 29.6 Å². The number of aliphatic carboxylic acids is 1. The number of nitrogens with zero attached hydrogens (tertiary/aromatic N) is 7. The fraction of sp³-hybridized carbons (Fsp3) is 0.294. The van der Waals surface area contributed by atoms with Gasteiger partial charge in [-0.1, -0.05) is 28.3 Å². The topological polar surface area (TPSA) is 197 Å². The SMILES string of the molecule is N#CCON=CC(=O)N(c1csc(N)n1)[C@@H]1C(=O)N2C(C(=O)O)=C(CSc3nncs3)OC[C@H]12. The van der Waals surface area contributed by atoms with Crippen LogP contribution in [0.2, 0.25) is 0 Å². The average Bonchev–Trinajstić information content (AvgIpc) is 3.49. The number of thioether (sulfide) groups is 1. The van der Waals surface area contributed by atoms with Crippen LogP contribution in [0.25, 0.3) is 0 Å². The first kappa shape index (κ1) is 23.4. The van der Waals surface area contributed by atoms with Crippen LogP contribution in [0.3, 0.4) is 0 Å². The normalized spacial score (nSPS) is 19.3. The maximum atomic E-state index is 13.2. The van der Waals surface area contributed by atoms with Crippen molar-refractivity contribution in [2.24, 2.45) is 5.16 Å². The number of carbonyl (C=O) groups is 3. The second kappa shape index (κ2) is 10.0. The summed E-state index contributed by atoms with van der Waals surface area (Å²) in [6.45, 7) is -0.421. The summed E-state index contributed by atoms with van der Waals surface area (Å²) >= 11 is 3.57. The number of carboxylic acid groups (broad SMARTS) is 1. The van der Waals surface area contributed by atoms with Gasteiger partial charge in [-0.2, -0.15) is 5.26 Å². The number of nitrogen functional groups attached to an aromatic ring is 1. The van der Waals surface area contributed by atoms with Crippen LogP contribution in [0.15, 0.2) is 31.8 Å². The standard InChI is InChI=1S/C17H14N8O6S3/c18-1-2-31-21-3-11(26)25(10-6-32-16(19)22-10)12-8-4-30-9(5-33-17-23-20-7-34-17)13(15(28)29)24(8)14(12)27/h3,6-8,12H,2,4-5H2,(H2,19,22)(H,28,29)/t8-,12+/m1/s1. The van der Waals surface area contributed by atoms with Crippen LogP contribution < -0.4 is 10.6 Å². The lowest BCUT2D eigenvalue weighted by molar-refractivity contribution is -0.158. The zero-order valence-corrected chi connectivity index (χ0v) is 19.4. The molecule has 0 spiro atoms. The predicted octanol–water partition coefficient (Wildman–Crippen LogP) is 0.134. The van der Waals surface area contributed by atoms with E-state index in [0.717, 1.165) is 27.4 Å². The van der Waals surface area contributed by atoms with E-state index in [0.29, 0.717) is 4.34 Å². The molecule has 2 amide bonds. The van der Waals surface area contributed by atoms with E-state index in [1.165, 1.54) is 28.5 Å². The lowest BCUT2D eigenvalue weighted by atomic mass is 9.91. The van der Waals surface area contributed by atoms with E-state index >= 15 is 0 Å². The maximum absolute atomic E-state index is 13.2. The van der Waals surface area contributed by atoms with Gasteiger partial charge in [0.05, 0.1) is 5.75 Å². The van der Waals surface area contributed by atoms with Gasteiger partial charge in [-0.25, -0.2) is 9.78 Å². The van der Waals surface area contributed by atoms with Gasteiger partial charge in [0.1, 0.15) is 48.1 Å². The number of anilines is 2. The second-order valence-electron chi connectivity index (χ2n) is 6.52. The summed E-state index contributed by atoms with van der Waals surface area (Å²) in [5, 5.41) is 31.0. The molecule has 0 unspecified atom stereocenters. The van der Waals surface area contributed by atoms with Gasteiger partial charge in [-0.05, 0) is 0 Å². The molecule has 4 heterocycles. The van der Waals surface area contributed by atoms with Crippen LogP contribution in [0, 0.1) is 11.3 Å². The van der Waals surface area contributed by atoms with Crippen LogP contribution in [0.1, 0.15) is 0 Å². The van der Waals surface area contributed by atoms with Gasteiger partial charge in [0.2, 0.25) is 6.61 Å². The minimum absolute atomic E-state index is 0.0509. The van der Waals surface area contributed by atoms with Crippen LogP contribution in [0.4, 0.5) is 10.9 Å². The molecule has 2 aliphatic rings. The van der Waals surface area contributed by atoms with Gasteiger partial charge in [-0.3, -0.25) is 19.4 Å². The number of thiazole rings is 1. The Bertz CT molecular complexity index is 1210. The van der Waals surface area contributed by atoms with Crippen molar-refractivity contribution >= 4 is 69.4 Å². The fourth-order valence-corrected chi connectivity index (χ4v) is 5.30. The number of hydrogen-bond acceptors (Lipinski definition) is 14. The Hall–Kier alpha value is -3.75. The summed E-state index contributed by atoms with van der Waals surface area (Å²) in [4.78, 5) is 48.9. The molecule has 34 heavy (non-hydrogen) atoms. The summed E-state index contributed by atoms with van der Waals surface area (Å²) in [5.41, 5.74) is 6.94. The Labute approximate surface area is 203 Å². The Morgan fingerprint density at radius 1 is 1.53 bits per heavy atom. The smallest absolute Gasteiger partial charge is 0.356 e. The van der Waals surface area contributed by atoms with Crippen molar-refractivity contribution in [3.05, 3.63) is 22.3 Å². The van der Waals surface area contributed by atoms with Gasteiger partial charge in [-0.15, -0.1) is 21.5 Å². The highest BCUT2D eigenvalue weighted by atomic mass is 32.2. The minimum Gasteiger partial charge on any atom is -0.492 e. The monoisotopic (exact) mass is 522 g/mol. The molecule has 0 aliphatic carbocycles. The molecule has 176 valence electrons. The van der Waals surface area contributed by atoms with Crippen LogP contribution >= 0.6 is 34.4 Å². The first-order valence-electron chi connectivity index (χ1n) is 9.30. The van der Waals surface area contributed by atoms with Gasteiger partial charge in [0, 0.05) is 5.38 Å². The van der Waals surface area contributed by atoms with E-state index in [1.54, 1.807) is 11.6 Å². The quantitative estimate of drug-likeness (QED) is 0.149. The molecule has 1 saturated heterocycles. The molecule has 0 radical (unpaired) electrons. The number of rotatable bonds is 9. The summed E-state index contributed by atoms with van der Waals surface area (Å²) in [7, 11) is 0. The van der Waals surface area contributed by atoms with E-state index in [1.807, 2.05) is 0 Å². The third kappa shape index (κ3) is 4.50. The maximum Gasteiger partial charge on any atom is 0.356 e. The van der Waals surface area contributed by atoms with E-state index < -0.39 is 29.9 Å². The first-order chi connectivity index (χ1) is 16.4. The number of nitriles is 1. The number of nitrogens with two attached hydrogens (primary N) is 1. The average molecular weight is 523 g/mol. The number of hydrogen-bond donors (Lipinski definition) is 2. The molecule has 3 N–H and O–H groups in total. The number of aromatic nitrogens is 3. The highest BCUT2D eigenvalue weighted by molar-refractivity contribution is 8.01. The molecule has 4 rings (SSSR count). The van der Waals surface area contributed by atoms with E-state index in [-0.39, 0.29) is 41.4 Å². The minimum atomic E-state index is -1.34. The van der Waals surface area contributed by atoms with Crippen molar-refractivity contribution < 1.29 is 29.1 Å². The predicted molar refractivity (Wildman–Crippen MR) is 120 cm³/mol. The lowest BCUT2D eigenvalue weighted by Gasteiger charge is -2.52. The van der Waals surface area contributed by atoms with Crippen molar-refractivity contribution in [3.63, 3.8) is 0 Å². The number of carbonyl (C=O) groups excluding carboxylic acids is 2. The number of amides is 2. The highest BCUT2D eigenvalue weighted by Gasteiger charge is 2.58. The molecule has 0 bridgehead atoms. The van der Waals surface area contributed by atoms with Crippen molar-refractivity contribution in [1.82, 2.24) is 20.1 Å². The van der Waals surface area contributed by atoms with Crippen molar-refractivity contribution in [1.29, 1.82) is 5.26 Å². The number of ether oxygens (including phenoxy) is 1. The molecule has 1 fully saturated rings. The molecule has 17 heteroatoms. The number of β-lactam (4-membered cyclic amide) rings is 1. The van der Waals surface area contributed by atoms with E-state index in [9.17, 15) is 19.5 Å². The van der Waals surface area contributed by atoms with Crippen molar-refractivity contribution in [2.45, 2.75) is 16.4 Å². The zero-order chi connectivity index (χ0) is 24.2. The number of fused-ring (bicyclic) bond motifs is 1. The molecule has 2 atom stereocenters. The first-order valence-corrected chi connectivity index (χ1v) is 12.0. The third-order valence-electron chi connectivity index (χ3n) is 4.63. The number of carboxylic acids is 1. The van der Waals surface area contributed by atoms with Gasteiger partial charge < -0.3 is 20.4 Å². The van der Waals surface area contributed by atoms with E-state index in [4.69, 9.17) is 15.7 Å². The summed E-state index contributed by atoms with van der Waals surface area (Å²) in [6, 6.07) is -0.192. The Balaban J connectivity index is 1.59. The van der Waals surface area contributed by atoms with Gasteiger partial charge in [0.25, 0.3) is 11.8 Å². The lowest BCUT2D eigenvalue weighted by Crippen LogP contribution is -2.74.